The Bertz CT molecular complexity index is 486. The first-order valence-electron chi connectivity index (χ1n) is 7.25. The number of aromatic nitrogens is 2. The molecule has 21 heavy (non-hydrogen) atoms. The van der Waals surface area contributed by atoms with Crippen LogP contribution in [0.5, 0.6) is 0 Å². The molecular formula is C14H23N5O2. The van der Waals surface area contributed by atoms with Crippen molar-refractivity contribution in [3.63, 3.8) is 0 Å². The van der Waals surface area contributed by atoms with E-state index in [1.165, 1.54) is 7.11 Å². The number of rotatable bonds is 5. The minimum absolute atomic E-state index is 0.0376. The van der Waals surface area contributed by atoms with Crippen LogP contribution in [0.4, 0.5) is 11.8 Å². The van der Waals surface area contributed by atoms with Crippen molar-refractivity contribution < 1.29 is 9.53 Å². The van der Waals surface area contributed by atoms with Gasteiger partial charge in [-0.05, 0) is 13.8 Å². The third-order valence-corrected chi connectivity index (χ3v) is 3.38. The fourth-order valence-electron chi connectivity index (χ4n) is 2.34. The predicted octanol–water partition coefficient (Wildman–Crippen LogP) is 0.512. The van der Waals surface area contributed by atoms with Crippen molar-refractivity contribution in [2.24, 2.45) is 0 Å². The van der Waals surface area contributed by atoms with E-state index in [4.69, 9.17) is 4.74 Å². The summed E-state index contributed by atoms with van der Waals surface area (Å²) in [7, 11) is 1.54. The molecule has 0 aliphatic carbocycles. The maximum absolute atomic E-state index is 11.8. The smallest absolute Gasteiger partial charge is 0.248 e. The summed E-state index contributed by atoms with van der Waals surface area (Å²) in [6.07, 6.45) is 0. The minimum Gasteiger partial charge on any atom is -0.375 e. The molecule has 0 bridgehead atoms. The lowest BCUT2D eigenvalue weighted by atomic mass is 10.3. The highest BCUT2D eigenvalue weighted by Crippen LogP contribution is 2.15. The number of amides is 1. The normalized spacial score (nSPS) is 15.2. The fourth-order valence-corrected chi connectivity index (χ4v) is 2.34. The van der Waals surface area contributed by atoms with Crippen LogP contribution in [-0.4, -0.2) is 67.2 Å². The van der Waals surface area contributed by atoms with E-state index in [9.17, 15) is 4.79 Å². The predicted molar refractivity (Wildman–Crippen MR) is 81.6 cm³/mol. The molecule has 0 spiro atoms. The highest BCUT2D eigenvalue weighted by atomic mass is 16.5. The first-order valence-corrected chi connectivity index (χ1v) is 7.25. The Morgan fingerprint density at radius 3 is 2.67 bits per heavy atom. The Kier molecular flexibility index (Phi) is 5.32. The molecule has 7 nitrogen and oxygen atoms in total. The standard InChI is InChI=1S/C14H23N5O2/c1-4-15-12-9-11(2)16-14(17-12)19-7-5-18(6-8-19)13(20)10-21-3/h9H,4-8,10H2,1-3H3,(H,15,16,17). The van der Waals surface area contributed by atoms with Crippen LogP contribution in [0.3, 0.4) is 0 Å². The highest BCUT2D eigenvalue weighted by Gasteiger charge is 2.22. The third kappa shape index (κ3) is 4.04. The number of hydrogen-bond donors (Lipinski definition) is 1. The largest absolute Gasteiger partial charge is 0.375 e. The van der Waals surface area contributed by atoms with Crippen molar-refractivity contribution in [3.8, 4) is 0 Å². The summed E-state index contributed by atoms with van der Waals surface area (Å²) in [6, 6.07) is 1.94. The van der Waals surface area contributed by atoms with E-state index in [2.05, 4.69) is 20.2 Å². The zero-order valence-corrected chi connectivity index (χ0v) is 12.9. The van der Waals surface area contributed by atoms with Gasteiger partial charge in [0.2, 0.25) is 11.9 Å². The molecule has 1 saturated heterocycles. The topological polar surface area (TPSA) is 70.6 Å². The Hall–Kier alpha value is -1.89. The van der Waals surface area contributed by atoms with Gasteiger partial charge in [-0.2, -0.15) is 4.98 Å². The second kappa shape index (κ2) is 7.21. The van der Waals surface area contributed by atoms with Crippen LogP contribution in [-0.2, 0) is 9.53 Å². The van der Waals surface area contributed by atoms with E-state index in [1.54, 1.807) is 0 Å². The van der Waals surface area contributed by atoms with Crippen LogP contribution in [0.2, 0.25) is 0 Å². The van der Waals surface area contributed by atoms with Crippen LogP contribution < -0.4 is 10.2 Å². The molecule has 1 aliphatic rings. The quantitative estimate of drug-likeness (QED) is 0.853. The maximum atomic E-state index is 11.8. The molecule has 2 heterocycles. The van der Waals surface area contributed by atoms with Gasteiger partial charge in [-0.1, -0.05) is 0 Å². The number of ether oxygens (including phenoxy) is 1. The van der Waals surface area contributed by atoms with Gasteiger partial charge in [-0.3, -0.25) is 4.79 Å². The lowest BCUT2D eigenvalue weighted by Crippen LogP contribution is -2.50. The van der Waals surface area contributed by atoms with E-state index in [1.807, 2.05) is 24.8 Å². The molecular weight excluding hydrogens is 270 g/mol. The van der Waals surface area contributed by atoms with Gasteiger partial charge < -0.3 is 19.9 Å². The molecule has 0 atom stereocenters. The molecule has 0 radical (unpaired) electrons. The molecule has 2 rings (SSSR count). The Morgan fingerprint density at radius 2 is 2.05 bits per heavy atom. The first kappa shape index (κ1) is 15.5. The number of anilines is 2. The van der Waals surface area contributed by atoms with Gasteiger partial charge in [0.05, 0.1) is 0 Å². The highest BCUT2D eigenvalue weighted by molar-refractivity contribution is 5.77. The summed E-state index contributed by atoms with van der Waals surface area (Å²) in [4.78, 5) is 24.7. The molecule has 1 aliphatic heterocycles. The molecule has 0 aromatic carbocycles. The first-order chi connectivity index (χ1) is 10.1. The van der Waals surface area contributed by atoms with E-state index in [0.29, 0.717) is 13.1 Å². The summed E-state index contributed by atoms with van der Waals surface area (Å²) in [6.45, 7) is 7.81. The number of nitrogens with zero attached hydrogens (tertiary/aromatic N) is 4. The zero-order valence-electron chi connectivity index (χ0n) is 12.9. The van der Waals surface area contributed by atoms with E-state index in [-0.39, 0.29) is 12.5 Å². The minimum atomic E-state index is 0.0376. The second-order valence-corrected chi connectivity index (χ2v) is 5.03. The Labute approximate surface area is 125 Å². The lowest BCUT2D eigenvalue weighted by Gasteiger charge is -2.34. The maximum Gasteiger partial charge on any atom is 0.248 e. The average molecular weight is 293 g/mol. The summed E-state index contributed by atoms with van der Waals surface area (Å²) in [5.74, 6) is 1.61. The van der Waals surface area contributed by atoms with Gasteiger partial charge in [0.1, 0.15) is 12.4 Å². The van der Waals surface area contributed by atoms with Crippen molar-refractivity contribution in [1.29, 1.82) is 0 Å². The molecule has 1 aromatic heterocycles. The number of carbonyl (C=O) groups is 1. The van der Waals surface area contributed by atoms with Crippen LogP contribution in [0.1, 0.15) is 12.6 Å². The van der Waals surface area contributed by atoms with Crippen LogP contribution in [0, 0.1) is 6.92 Å². The van der Waals surface area contributed by atoms with Gasteiger partial charge in [0, 0.05) is 51.6 Å². The molecule has 1 amide bonds. The van der Waals surface area contributed by atoms with Gasteiger partial charge in [-0.25, -0.2) is 4.98 Å². The van der Waals surface area contributed by atoms with E-state index < -0.39 is 0 Å². The SMILES string of the molecule is CCNc1cc(C)nc(N2CCN(C(=O)COC)CC2)n1. The summed E-state index contributed by atoms with van der Waals surface area (Å²) in [5.41, 5.74) is 0.939. The molecule has 1 N–H and O–H groups in total. The van der Waals surface area contributed by atoms with Crippen molar-refractivity contribution >= 4 is 17.7 Å². The molecule has 116 valence electrons. The Morgan fingerprint density at radius 1 is 1.33 bits per heavy atom. The number of methoxy groups -OCH3 is 1. The third-order valence-electron chi connectivity index (χ3n) is 3.38. The molecule has 1 aromatic rings. The lowest BCUT2D eigenvalue weighted by molar-refractivity contribution is -0.135. The van der Waals surface area contributed by atoms with Gasteiger partial charge in [-0.15, -0.1) is 0 Å². The Balaban J connectivity index is 2.00. The summed E-state index contributed by atoms with van der Waals surface area (Å²) in [5, 5.41) is 3.21. The van der Waals surface area contributed by atoms with E-state index >= 15 is 0 Å². The summed E-state index contributed by atoms with van der Waals surface area (Å²) < 4.78 is 4.89. The number of hydrogen-bond acceptors (Lipinski definition) is 6. The van der Waals surface area contributed by atoms with Crippen LogP contribution in [0.25, 0.3) is 0 Å². The average Bonchev–Trinajstić information content (AvgIpc) is 2.47. The molecule has 0 saturated carbocycles. The van der Waals surface area contributed by atoms with Gasteiger partial charge in [0.25, 0.3) is 0 Å². The van der Waals surface area contributed by atoms with E-state index in [0.717, 1.165) is 37.1 Å². The van der Waals surface area contributed by atoms with Crippen molar-refractivity contribution in [3.05, 3.63) is 11.8 Å². The van der Waals surface area contributed by atoms with Gasteiger partial charge in [0.15, 0.2) is 0 Å². The fraction of sp³-hybridized carbons (Fsp3) is 0.643. The molecule has 7 heteroatoms. The van der Waals surface area contributed by atoms with Crippen molar-refractivity contribution in [2.45, 2.75) is 13.8 Å². The van der Waals surface area contributed by atoms with Crippen LogP contribution in [0.15, 0.2) is 6.07 Å². The number of carbonyl (C=O) groups excluding carboxylic acids is 1. The number of aryl methyl sites for hydroxylation is 1. The van der Waals surface area contributed by atoms with Gasteiger partial charge >= 0.3 is 0 Å². The zero-order chi connectivity index (χ0) is 15.2. The van der Waals surface area contributed by atoms with Crippen molar-refractivity contribution in [1.82, 2.24) is 14.9 Å². The second-order valence-electron chi connectivity index (χ2n) is 5.03. The summed E-state index contributed by atoms with van der Waals surface area (Å²) >= 11 is 0. The number of piperazine rings is 1. The number of nitrogens with one attached hydrogen (secondary N) is 1. The molecule has 0 unspecified atom stereocenters. The molecule has 1 fully saturated rings. The van der Waals surface area contributed by atoms with Crippen LogP contribution >= 0.6 is 0 Å². The monoisotopic (exact) mass is 293 g/mol. The van der Waals surface area contributed by atoms with Crippen molar-refractivity contribution in [2.75, 3.05) is 56.7 Å².